The van der Waals surface area contributed by atoms with Gasteiger partial charge in [0.2, 0.25) is 5.91 Å². The van der Waals surface area contributed by atoms with Crippen molar-refractivity contribution >= 4 is 29.3 Å². The number of carbonyl (C=O) groups is 2. The van der Waals surface area contributed by atoms with E-state index in [2.05, 4.69) is 0 Å². The molecule has 0 spiro atoms. The average molecular weight is 443 g/mol. The van der Waals surface area contributed by atoms with E-state index in [4.69, 9.17) is 13.6 Å². The maximum absolute atomic E-state index is 13.3. The van der Waals surface area contributed by atoms with Crippen LogP contribution < -0.4 is 10.7 Å². The first-order valence-corrected chi connectivity index (χ1v) is 10.4. The van der Waals surface area contributed by atoms with E-state index >= 15 is 0 Å². The summed E-state index contributed by atoms with van der Waals surface area (Å²) < 4.78 is 28.0. The van der Waals surface area contributed by atoms with Gasteiger partial charge in [0, 0.05) is 5.69 Å². The molecule has 0 saturated carbocycles. The van der Waals surface area contributed by atoms with Crippen LogP contribution in [0.25, 0.3) is 0 Å². The standard InChI is InChI=1S/C22H18FNO6S/c1-12-9-15(21(26)28-10-18-13(2)29-22(27)30-18)5-8-17(12)24-19(25)11-31-20(24)14-3-6-16(23)7-4-14/h3-9,20H,10-11H2,1-2H3. The van der Waals surface area contributed by atoms with E-state index in [0.717, 1.165) is 5.56 Å². The third-order valence-electron chi connectivity index (χ3n) is 4.89. The van der Waals surface area contributed by atoms with E-state index < -0.39 is 11.8 Å². The smallest absolute Gasteiger partial charge is 0.454 e. The summed E-state index contributed by atoms with van der Waals surface area (Å²) in [5, 5.41) is -0.281. The van der Waals surface area contributed by atoms with Gasteiger partial charge in [-0.2, -0.15) is 0 Å². The Balaban J connectivity index is 1.54. The molecule has 3 aromatic rings. The van der Waals surface area contributed by atoms with Gasteiger partial charge in [0.05, 0.1) is 11.3 Å². The zero-order valence-corrected chi connectivity index (χ0v) is 17.5. The van der Waals surface area contributed by atoms with Crippen LogP contribution in [0.2, 0.25) is 0 Å². The molecule has 1 aliphatic heterocycles. The number of aryl methyl sites for hydroxylation is 2. The van der Waals surface area contributed by atoms with Crippen LogP contribution in [0.5, 0.6) is 0 Å². The highest BCUT2D eigenvalue weighted by atomic mass is 32.2. The van der Waals surface area contributed by atoms with Gasteiger partial charge >= 0.3 is 11.8 Å². The van der Waals surface area contributed by atoms with E-state index in [-0.39, 0.29) is 35.2 Å². The van der Waals surface area contributed by atoms with Crippen molar-refractivity contribution in [3.8, 4) is 0 Å². The highest BCUT2D eigenvalue weighted by Gasteiger charge is 2.35. The molecule has 0 radical (unpaired) electrons. The maximum Gasteiger partial charge on any atom is 0.519 e. The highest BCUT2D eigenvalue weighted by molar-refractivity contribution is 8.00. The summed E-state index contributed by atoms with van der Waals surface area (Å²) in [5.41, 5.74) is 2.49. The predicted octanol–water partition coefficient (Wildman–Crippen LogP) is 4.12. The van der Waals surface area contributed by atoms with Gasteiger partial charge < -0.3 is 13.6 Å². The number of esters is 1. The molecule has 1 aromatic heterocycles. The number of benzene rings is 2. The minimum Gasteiger partial charge on any atom is -0.454 e. The second-order valence-electron chi connectivity index (χ2n) is 6.99. The molecule has 4 rings (SSSR count). The number of anilines is 1. The van der Waals surface area contributed by atoms with Gasteiger partial charge in [-0.1, -0.05) is 12.1 Å². The molecular weight excluding hydrogens is 425 g/mol. The van der Waals surface area contributed by atoms with Crippen LogP contribution in [0.1, 0.15) is 38.4 Å². The number of halogens is 1. The van der Waals surface area contributed by atoms with Crippen LogP contribution in [0.3, 0.4) is 0 Å². The zero-order valence-electron chi connectivity index (χ0n) is 16.7. The number of hydrogen-bond donors (Lipinski definition) is 0. The lowest BCUT2D eigenvalue weighted by Gasteiger charge is -2.26. The Hall–Kier alpha value is -3.33. The van der Waals surface area contributed by atoms with Gasteiger partial charge in [-0.05, 0) is 55.3 Å². The van der Waals surface area contributed by atoms with Crippen LogP contribution in [0, 0.1) is 19.7 Å². The van der Waals surface area contributed by atoms with Crippen LogP contribution >= 0.6 is 11.8 Å². The number of carbonyl (C=O) groups excluding carboxylic acids is 2. The van der Waals surface area contributed by atoms with Crippen molar-refractivity contribution in [1.82, 2.24) is 0 Å². The lowest BCUT2D eigenvalue weighted by Crippen LogP contribution is -2.28. The monoisotopic (exact) mass is 443 g/mol. The van der Waals surface area contributed by atoms with Crippen molar-refractivity contribution < 1.29 is 27.6 Å². The Morgan fingerprint density at radius 3 is 2.55 bits per heavy atom. The summed E-state index contributed by atoms with van der Waals surface area (Å²) in [6.07, 6.45) is 0. The SMILES string of the molecule is Cc1cc(C(=O)OCc2oc(=O)oc2C)ccc1N1C(=O)CSC1c1ccc(F)cc1. The van der Waals surface area contributed by atoms with Gasteiger partial charge in [0.15, 0.2) is 18.1 Å². The van der Waals surface area contributed by atoms with E-state index in [9.17, 15) is 18.8 Å². The molecule has 1 aliphatic rings. The molecule has 1 unspecified atom stereocenters. The van der Waals surface area contributed by atoms with Crippen molar-refractivity contribution in [2.75, 3.05) is 10.7 Å². The Bertz CT molecular complexity index is 1200. The number of nitrogens with zero attached hydrogens (tertiary/aromatic N) is 1. The number of ether oxygens (including phenoxy) is 1. The number of hydrogen-bond acceptors (Lipinski definition) is 7. The van der Waals surface area contributed by atoms with E-state index in [1.807, 2.05) is 0 Å². The molecule has 1 saturated heterocycles. The zero-order chi connectivity index (χ0) is 22.1. The van der Waals surface area contributed by atoms with E-state index in [1.54, 1.807) is 42.2 Å². The van der Waals surface area contributed by atoms with Gasteiger partial charge in [-0.25, -0.2) is 14.0 Å². The van der Waals surface area contributed by atoms with Crippen molar-refractivity contribution in [2.24, 2.45) is 0 Å². The fraction of sp³-hybridized carbons (Fsp3) is 0.227. The summed E-state index contributed by atoms with van der Waals surface area (Å²) in [4.78, 5) is 37.7. The van der Waals surface area contributed by atoms with Crippen LogP contribution in [-0.2, 0) is 16.1 Å². The first-order chi connectivity index (χ1) is 14.8. The average Bonchev–Trinajstić information content (AvgIpc) is 3.27. The minimum absolute atomic E-state index is 0.0665. The van der Waals surface area contributed by atoms with Crippen LogP contribution in [0.15, 0.2) is 56.1 Å². The molecule has 160 valence electrons. The second kappa shape index (κ2) is 8.43. The molecule has 0 bridgehead atoms. The minimum atomic E-state index is -0.854. The van der Waals surface area contributed by atoms with Crippen molar-refractivity contribution in [1.29, 1.82) is 0 Å². The Labute approximate surface area is 180 Å². The Morgan fingerprint density at radius 2 is 1.90 bits per heavy atom. The molecule has 7 nitrogen and oxygen atoms in total. The molecule has 31 heavy (non-hydrogen) atoms. The molecule has 1 fully saturated rings. The summed E-state index contributed by atoms with van der Waals surface area (Å²) in [5.74, 6) is -1.16. The second-order valence-corrected chi connectivity index (χ2v) is 8.06. The fourth-order valence-corrected chi connectivity index (χ4v) is 4.50. The van der Waals surface area contributed by atoms with Gasteiger partial charge in [-0.15, -0.1) is 11.8 Å². The summed E-state index contributed by atoms with van der Waals surface area (Å²) >= 11 is 1.46. The lowest BCUT2D eigenvalue weighted by atomic mass is 10.1. The Kier molecular flexibility index (Phi) is 5.69. The molecular formula is C22H18FNO6S. The van der Waals surface area contributed by atoms with Crippen LogP contribution in [-0.4, -0.2) is 17.6 Å². The maximum atomic E-state index is 13.3. The Morgan fingerprint density at radius 1 is 1.16 bits per heavy atom. The topological polar surface area (TPSA) is 90.0 Å². The number of rotatable bonds is 5. The largest absolute Gasteiger partial charge is 0.519 e. The van der Waals surface area contributed by atoms with Gasteiger partial charge in [-0.3, -0.25) is 9.69 Å². The van der Waals surface area contributed by atoms with Crippen molar-refractivity contribution in [3.05, 3.63) is 87.1 Å². The van der Waals surface area contributed by atoms with Crippen molar-refractivity contribution in [2.45, 2.75) is 25.8 Å². The molecule has 1 amide bonds. The summed E-state index contributed by atoms with van der Waals surface area (Å²) in [7, 11) is 0. The van der Waals surface area contributed by atoms with Gasteiger partial charge in [0.25, 0.3) is 0 Å². The molecule has 9 heteroatoms. The number of thioether (sulfide) groups is 1. The molecule has 0 aliphatic carbocycles. The van der Waals surface area contributed by atoms with Gasteiger partial charge in [0.1, 0.15) is 11.2 Å². The first kappa shape index (κ1) is 20.9. The molecule has 2 heterocycles. The van der Waals surface area contributed by atoms with Crippen LogP contribution in [0.4, 0.5) is 10.1 Å². The van der Waals surface area contributed by atoms with Crippen molar-refractivity contribution in [3.63, 3.8) is 0 Å². The number of amides is 1. The third kappa shape index (κ3) is 4.27. The summed E-state index contributed by atoms with van der Waals surface area (Å²) in [6, 6.07) is 11.0. The first-order valence-electron chi connectivity index (χ1n) is 9.40. The molecule has 1 atom stereocenters. The lowest BCUT2D eigenvalue weighted by molar-refractivity contribution is -0.115. The van der Waals surface area contributed by atoms with E-state index in [0.29, 0.717) is 22.6 Å². The third-order valence-corrected chi connectivity index (χ3v) is 6.10. The molecule has 2 aromatic carbocycles. The fourth-order valence-electron chi connectivity index (χ4n) is 3.33. The van der Waals surface area contributed by atoms with E-state index in [1.165, 1.54) is 30.8 Å². The molecule has 0 N–H and O–H groups in total. The normalized spacial score (nSPS) is 16.0. The highest BCUT2D eigenvalue weighted by Crippen LogP contribution is 2.42. The quantitative estimate of drug-likeness (QED) is 0.548. The predicted molar refractivity (Wildman–Crippen MR) is 111 cm³/mol. The summed E-state index contributed by atoms with van der Waals surface area (Å²) in [6.45, 7) is 3.10.